The number of nitrogens with one attached hydrogen (secondary N) is 2. The van der Waals surface area contributed by atoms with Crippen molar-refractivity contribution in [2.24, 2.45) is 35.5 Å². The lowest BCUT2D eigenvalue weighted by Gasteiger charge is -2.33. The van der Waals surface area contributed by atoms with Gasteiger partial charge in [-0.2, -0.15) is 0 Å². The van der Waals surface area contributed by atoms with Crippen molar-refractivity contribution in [2.45, 2.75) is 54.4 Å². The predicted octanol–water partition coefficient (Wildman–Crippen LogP) is 12.2. The van der Waals surface area contributed by atoms with Crippen molar-refractivity contribution in [3.8, 4) is 0 Å². The minimum absolute atomic E-state index is 0.0230. The Bertz CT molecular complexity index is 2760. The van der Waals surface area contributed by atoms with E-state index in [1.54, 1.807) is 0 Å². The van der Waals surface area contributed by atoms with Crippen molar-refractivity contribution in [3.63, 3.8) is 0 Å². The highest BCUT2D eigenvalue weighted by atomic mass is 31.1. The van der Waals surface area contributed by atoms with E-state index in [-0.39, 0.29) is 35.5 Å². The number of carbonyl (C=O) groups excluding carboxylic acids is 2. The summed E-state index contributed by atoms with van der Waals surface area (Å²) >= 11 is 0. The van der Waals surface area contributed by atoms with Crippen LogP contribution in [0.5, 0.6) is 0 Å². The molecule has 4 aliphatic carbocycles. The Kier molecular flexibility index (Phi) is 13.0. The standard InChI is InChI=1S/C62H60N2O2P2/c1-39-35-51(61(65)63-53-31-19-21-33-55(53)67(45-23-11-7-12-24-45)46-25-13-8-14-26-46)43(5)59-49(39)37-41(3)57(59)58-42(4)38-50-40(2)36-52(44(6)60(50)58)62(66)64-54-32-20-22-34-56(54)68(47-27-15-9-16-28-47)48-29-17-10-18-30-48/h7-36,41-44,51-52H,37-38H2,1-6H3,(H,63,65)(H,64,66)/b58-57+/t41-,42-,43-,44+,51?,52?/m1/s1. The molecule has 6 aromatic carbocycles. The van der Waals surface area contributed by atoms with Crippen LogP contribution in [0, 0.1) is 35.5 Å². The Hall–Kier alpha value is -6.18. The highest BCUT2D eigenvalue weighted by Gasteiger charge is 2.45. The minimum atomic E-state index is -0.916. The lowest BCUT2D eigenvalue weighted by molar-refractivity contribution is -0.120. The van der Waals surface area contributed by atoms with E-state index in [1.807, 2.05) is 12.1 Å². The number of hydrogen-bond acceptors (Lipinski definition) is 2. The van der Waals surface area contributed by atoms with Crippen LogP contribution in [-0.2, 0) is 9.59 Å². The molecule has 6 atom stereocenters. The Labute approximate surface area is 405 Å². The molecule has 68 heavy (non-hydrogen) atoms. The first-order valence-corrected chi connectivity index (χ1v) is 27.0. The quantitative estimate of drug-likeness (QED) is 0.135. The van der Waals surface area contributed by atoms with Crippen LogP contribution in [-0.4, -0.2) is 11.8 Å². The van der Waals surface area contributed by atoms with Crippen LogP contribution in [0.4, 0.5) is 11.4 Å². The maximum Gasteiger partial charge on any atom is 0.231 e. The van der Waals surface area contributed by atoms with Gasteiger partial charge in [-0.05, 0) is 133 Å². The van der Waals surface area contributed by atoms with Gasteiger partial charge in [0.05, 0.1) is 11.8 Å². The molecule has 0 radical (unpaired) electrons. The largest absolute Gasteiger partial charge is 0.325 e. The summed E-state index contributed by atoms with van der Waals surface area (Å²) in [4.78, 5) is 29.8. The predicted molar refractivity (Wildman–Crippen MR) is 289 cm³/mol. The molecule has 0 saturated heterocycles. The summed E-state index contributed by atoms with van der Waals surface area (Å²) in [6.45, 7) is 13.7. The summed E-state index contributed by atoms with van der Waals surface area (Å²) in [6, 6.07) is 59.4. The van der Waals surface area contributed by atoms with Gasteiger partial charge in [0.25, 0.3) is 0 Å². The van der Waals surface area contributed by atoms with Crippen molar-refractivity contribution >= 4 is 70.9 Å². The zero-order valence-electron chi connectivity index (χ0n) is 39.9. The Morgan fingerprint density at radius 1 is 0.412 bits per heavy atom. The van der Waals surface area contributed by atoms with Gasteiger partial charge < -0.3 is 10.6 Å². The fourth-order valence-corrected chi connectivity index (χ4v) is 16.4. The molecule has 0 saturated carbocycles. The third-order valence-corrected chi connectivity index (χ3v) is 19.8. The molecule has 4 nitrogen and oxygen atoms in total. The van der Waals surface area contributed by atoms with Gasteiger partial charge in [-0.15, -0.1) is 0 Å². The lowest BCUT2D eigenvalue weighted by atomic mass is 9.71. The van der Waals surface area contributed by atoms with Gasteiger partial charge in [0.1, 0.15) is 0 Å². The van der Waals surface area contributed by atoms with Gasteiger partial charge in [-0.3, -0.25) is 9.59 Å². The monoisotopic (exact) mass is 926 g/mol. The van der Waals surface area contributed by atoms with E-state index in [2.05, 4.69) is 222 Å². The second kappa shape index (κ2) is 19.4. The second-order valence-corrected chi connectivity index (χ2v) is 23.5. The first-order chi connectivity index (χ1) is 33.1. The summed E-state index contributed by atoms with van der Waals surface area (Å²) in [7, 11) is -1.83. The summed E-state index contributed by atoms with van der Waals surface area (Å²) in [5.41, 5.74) is 12.5. The molecule has 0 bridgehead atoms. The van der Waals surface area contributed by atoms with Gasteiger partial charge in [0.2, 0.25) is 11.8 Å². The van der Waals surface area contributed by atoms with Gasteiger partial charge in [0, 0.05) is 22.0 Å². The normalized spacial score (nSPS) is 23.3. The zero-order valence-corrected chi connectivity index (χ0v) is 41.7. The van der Waals surface area contributed by atoms with E-state index in [9.17, 15) is 9.59 Å². The van der Waals surface area contributed by atoms with E-state index in [0.29, 0.717) is 11.8 Å². The Morgan fingerprint density at radius 3 is 1.03 bits per heavy atom. The smallest absolute Gasteiger partial charge is 0.231 e. The fourth-order valence-electron chi connectivity index (χ4n) is 11.6. The zero-order chi connectivity index (χ0) is 47.1. The molecule has 2 unspecified atom stereocenters. The molecule has 0 fully saturated rings. The third kappa shape index (κ3) is 8.52. The average Bonchev–Trinajstić information content (AvgIpc) is 3.90. The average molecular weight is 927 g/mol. The molecular weight excluding hydrogens is 867 g/mol. The van der Waals surface area contributed by atoms with E-state index in [1.165, 1.54) is 65.8 Å². The van der Waals surface area contributed by atoms with Crippen LogP contribution >= 0.6 is 15.8 Å². The maximum absolute atomic E-state index is 14.9. The molecule has 6 aromatic rings. The van der Waals surface area contributed by atoms with E-state index in [0.717, 1.165) is 34.8 Å². The summed E-state index contributed by atoms with van der Waals surface area (Å²) in [5.74, 6) is -0.0742. The molecule has 0 spiro atoms. The van der Waals surface area contributed by atoms with Crippen LogP contribution < -0.4 is 42.5 Å². The van der Waals surface area contributed by atoms with Crippen molar-refractivity contribution in [2.75, 3.05) is 10.6 Å². The number of anilines is 2. The minimum Gasteiger partial charge on any atom is -0.325 e. The lowest BCUT2D eigenvalue weighted by Crippen LogP contribution is -2.33. The van der Waals surface area contributed by atoms with Gasteiger partial charge in [-0.1, -0.05) is 209 Å². The topological polar surface area (TPSA) is 58.2 Å². The molecular formula is C62H60N2O2P2. The van der Waals surface area contributed by atoms with Crippen molar-refractivity contribution < 1.29 is 9.59 Å². The molecule has 6 heteroatoms. The van der Waals surface area contributed by atoms with Crippen molar-refractivity contribution in [1.29, 1.82) is 0 Å². The molecule has 0 heterocycles. The highest BCUT2D eigenvalue weighted by Crippen LogP contribution is 2.57. The van der Waals surface area contributed by atoms with E-state index >= 15 is 0 Å². The summed E-state index contributed by atoms with van der Waals surface area (Å²) < 4.78 is 0. The molecule has 2 N–H and O–H groups in total. The van der Waals surface area contributed by atoms with Crippen LogP contribution in [0.3, 0.4) is 0 Å². The van der Waals surface area contributed by atoms with Gasteiger partial charge >= 0.3 is 0 Å². The number of hydrogen-bond donors (Lipinski definition) is 2. The SMILES string of the molecule is CC1=CC(C(=O)Nc2ccccc2P(c2ccccc2)c2ccccc2)[C@H](C)C2=C1C[C@@H](C)/C2=C1\C2=C(C[C@H]1C)C(C)=CC(C(=O)Nc1ccccc1P(c1ccccc1)c1ccccc1)[C@H]2C. The number of allylic oxidation sites excluding steroid dienone is 8. The molecule has 2 amide bonds. The van der Waals surface area contributed by atoms with Crippen molar-refractivity contribution in [3.05, 3.63) is 227 Å². The van der Waals surface area contributed by atoms with Crippen LogP contribution in [0.2, 0.25) is 0 Å². The van der Waals surface area contributed by atoms with Crippen LogP contribution in [0.15, 0.2) is 227 Å². The Morgan fingerprint density at radius 2 is 0.706 bits per heavy atom. The summed E-state index contributed by atoms with van der Waals surface area (Å²) in [6.07, 6.45) is 6.39. The maximum atomic E-state index is 14.9. The first-order valence-electron chi connectivity index (χ1n) is 24.3. The molecule has 0 aromatic heterocycles. The Balaban J connectivity index is 0.955. The van der Waals surface area contributed by atoms with E-state index in [4.69, 9.17) is 0 Å². The van der Waals surface area contributed by atoms with Crippen molar-refractivity contribution in [1.82, 2.24) is 0 Å². The number of amides is 2. The third-order valence-electron chi connectivity index (χ3n) is 14.8. The molecule has 4 aliphatic rings. The van der Waals surface area contributed by atoms with Crippen LogP contribution in [0.1, 0.15) is 54.4 Å². The molecule has 0 aliphatic heterocycles. The first kappa shape index (κ1) is 45.6. The second-order valence-electron chi connectivity index (χ2n) is 19.2. The number of rotatable bonds is 10. The number of para-hydroxylation sites is 2. The fraction of sp³-hybridized carbons (Fsp3) is 0.226. The summed E-state index contributed by atoms with van der Waals surface area (Å²) in [5, 5.41) is 14.2. The van der Waals surface area contributed by atoms with E-state index < -0.39 is 15.8 Å². The van der Waals surface area contributed by atoms with Gasteiger partial charge in [-0.25, -0.2) is 0 Å². The molecule has 340 valence electrons. The number of carbonyl (C=O) groups is 2. The van der Waals surface area contributed by atoms with Gasteiger partial charge in [0.15, 0.2) is 0 Å². The highest BCUT2D eigenvalue weighted by molar-refractivity contribution is 7.80. The molecule has 10 rings (SSSR count). The number of benzene rings is 6. The van der Waals surface area contributed by atoms with Crippen LogP contribution in [0.25, 0.3) is 0 Å².